The Hall–Kier alpha value is -2.61. The van der Waals surface area contributed by atoms with E-state index in [1.165, 1.54) is 16.9 Å². The minimum atomic E-state index is -0.364. The topological polar surface area (TPSA) is 58.6 Å². The van der Waals surface area contributed by atoms with Crippen molar-refractivity contribution in [2.75, 3.05) is 24.2 Å². The molecule has 33 heavy (non-hydrogen) atoms. The molecule has 0 atom stereocenters. The van der Waals surface area contributed by atoms with Crippen molar-refractivity contribution >= 4 is 40.0 Å². The van der Waals surface area contributed by atoms with E-state index in [0.29, 0.717) is 22.7 Å². The molecular weight excluding hydrogens is 452 g/mol. The highest BCUT2D eigenvalue weighted by atomic mass is 32.2. The van der Waals surface area contributed by atoms with Crippen LogP contribution in [0, 0.1) is 0 Å². The Morgan fingerprint density at radius 1 is 1.12 bits per heavy atom. The van der Waals surface area contributed by atoms with Gasteiger partial charge in [0.15, 0.2) is 0 Å². The number of rotatable bonds is 8. The van der Waals surface area contributed by atoms with Crippen molar-refractivity contribution in [2.45, 2.75) is 38.3 Å². The summed E-state index contributed by atoms with van der Waals surface area (Å²) in [6.07, 6.45) is 0.755. The van der Waals surface area contributed by atoms with E-state index in [2.05, 4.69) is 41.4 Å². The van der Waals surface area contributed by atoms with Crippen LogP contribution >= 0.6 is 23.1 Å². The third-order valence-corrected chi connectivity index (χ3v) is 7.51. The predicted molar refractivity (Wildman–Crippen MR) is 135 cm³/mol. The second-order valence-corrected chi connectivity index (χ2v) is 10.2. The van der Waals surface area contributed by atoms with Gasteiger partial charge in [0.1, 0.15) is 5.00 Å². The maximum absolute atomic E-state index is 13.0. The molecule has 0 saturated carbocycles. The largest absolute Gasteiger partial charge is 0.462 e. The summed E-state index contributed by atoms with van der Waals surface area (Å²) in [6, 6.07) is 18.0. The molecule has 5 nitrogen and oxygen atoms in total. The summed E-state index contributed by atoms with van der Waals surface area (Å²) in [7, 11) is 0. The number of fused-ring (bicyclic) bond motifs is 1. The number of esters is 1. The van der Waals surface area contributed by atoms with Crippen LogP contribution in [0.2, 0.25) is 0 Å². The Balaban J connectivity index is 1.58. The molecule has 1 amide bonds. The van der Waals surface area contributed by atoms with Gasteiger partial charge in [0.25, 0.3) is 5.91 Å². The first-order chi connectivity index (χ1) is 16.1. The Labute approximate surface area is 203 Å². The summed E-state index contributed by atoms with van der Waals surface area (Å²) in [6.45, 7) is 6.64. The summed E-state index contributed by atoms with van der Waals surface area (Å²) in [4.78, 5) is 30.4. The molecular formula is C26H28N2O3S2. The minimum Gasteiger partial charge on any atom is -0.462 e. The molecule has 1 aliphatic rings. The number of carbonyl (C=O) groups is 2. The number of amides is 1. The Bertz CT molecular complexity index is 1130. The van der Waals surface area contributed by atoms with Gasteiger partial charge in [-0.2, -0.15) is 0 Å². The second-order valence-electron chi connectivity index (χ2n) is 7.79. The number of hydrogen-bond acceptors (Lipinski definition) is 6. The monoisotopic (exact) mass is 480 g/mol. The quantitative estimate of drug-likeness (QED) is 0.324. The number of nitrogens with one attached hydrogen (secondary N) is 1. The van der Waals surface area contributed by atoms with Crippen LogP contribution in [0.25, 0.3) is 0 Å². The average Bonchev–Trinajstić information content (AvgIpc) is 3.17. The van der Waals surface area contributed by atoms with E-state index in [4.69, 9.17) is 4.74 Å². The SMILES string of the molecule is CCOC(=O)c1c(NC(=O)c2cccc(SCC)c2)sc2c1CCN(Cc1ccccc1)C2. The van der Waals surface area contributed by atoms with Gasteiger partial charge in [-0.25, -0.2) is 4.79 Å². The van der Waals surface area contributed by atoms with E-state index < -0.39 is 0 Å². The molecule has 4 rings (SSSR count). The zero-order chi connectivity index (χ0) is 23.2. The lowest BCUT2D eigenvalue weighted by Crippen LogP contribution is -2.29. The highest BCUT2D eigenvalue weighted by Crippen LogP contribution is 2.38. The van der Waals surface area contributed by atoms with Gasteiger partial charge in [0, 0.05) is 35.0 Å². The van der Waals surface area contributed by atoms with Gasteiger partial charge >= 0.3 is 5.97 Å². The number of thioether (sulfide) groups is 1. The van der Waals surface area contributed by atoms with Crippen LogP contribution in [0.5, 0.6) is 0 Å². The number of thiophene rings is 1. The Morgan fingerprint density at radius 3 is 2.70 bits per heavy atom. The summed E-state index contributed by atoms with van der Waals surface area (Å²) in [5.74, 6) is 0.366. The zero-order valence-electron chi connectivity index (χ0n) is 18.9. The van der Waals surface area contributed by atoms with Crippen molar-refractivity contribution < 1.29 is 14.3 Å². The van der Waals surface area contributed by atoms with Gasteiger partial charge in [0.2, 0.25) is 0 Å². The maximum atomic E-state index is 13.0. The van der Waals surface area contributed by atoms with Gasteiger partial charge in [-0.05, 0) is 48.4 Å². The van der Waals surface area contributed by atoms with Crippen LogP contribution in [-0.4, -0.2) is 35.7 Å². The molecule has 0 unspecified atom stereocenters. The fourth-order valence-electron chi connectivity index (χ4n) is 4.01. The molecule has 2 aromatic carbocycles. The van der Waals surface area contributed by atoms with Crippen LogP contribution in [0.15, 0.2) is 59.5 Å². The molecule has 0 spiro atoms. The zero-order valence-corrected chi connectivity index (χ0v) is 20.6. The highest BCUT2D eigenvalue weighted by molar-refractivity contribution is 7.99. The molecule has 0 fully saturated rings. The van der Waals surface area contributed by atoms with Crippen molar-refractivity contribution in [3.05, 3.63) is 81.7 Å². The smallest absolute Gasteiger partial charge is 0.341 e. The molecule has 1 aromatic heterocycles. The third-order valence-electron chi connectivity index (χ3n) is 5.50. The van der Waals surface area contributed by atoms with Crippen LogP contribution in [0.3, 0.4) is 0 Å². The number of carbonyl (C=O) groups excluding carboxylic acids is 2. The number of nitrogens with zero attached hydrogens (tertiary/aromatic N) is 1. The maximum Gasteiger partial charge on any atom is 0.341 e. The standard InChI is InChI=1S/C26H28N2O3S2/c1-3-31-26(30)23-21-13-14-28(16-18-9-6-5-7-10-18)17-22(21)33-25(23)27-24(29)19-11-8-12-20(15-19)32-4-2/h5-12,15H,3-4,13-14,16-17H2,1-2H3,(H,27,29). The molecule has 7 heteroatoms. The summed E-state index contributed by atoms with van der Waals surface area (Å²) in [5, 5.41) is 3.59. The normalized spacial score (nSPS) is 13.4. The molecule has 2 heterocycles. The molecule has 0 bridgehead atoms. The van der Waals surface area contributed by atoms with Gasteiger partial charge in [-0.1, -0.05) is 43.3 Å². The van der Waals surface area contributed by atoms with Gasteiger partial charge in [-0.15, -0.1) is 23.1 Å². The Kier molecular flexibility index (Phi) is 7.85. The Morgan fingerprint density at radius 2 is 1.94 bits per heavy atom. The molecule has 0 aliphatic carbocycles. The number of anilines is 1. The van der Waals surface area contributed by atoms with Crippen molar-refractivity contribution in [3.8, 4) is 0 Å². The van der Waals surface area contributed by atoms with E-state index >= 15 is 0 Å². The minimum absolute atomic E-state index is 0.209. The van der Waals surface area contributed by atoms with Gasteiger partial charge in [0.05, 0.1) is 12.2 Å². The van der Waals surface area contributed by atoms with Crippen LogP contribution in [0.4, 0.5) is 5.00 Å². The van der Waals surface area contributed by atoms with E-state index in [-0.39, 0.29) is 11.9 Å². The third kappa shape index (κ3) is 5.66. The molecule has 1 N–H and O–H groups in total. The fourth-order valence-corrected chi connectivity index (χ4v) is 6.00. The second kappa shape index (κ2) is 11.0. The molecule has 0 radical (unpaired) electrons. The summed E-state index contributed by atoms with van der Waals surface area (Å²) >= 11 is 3.18. The first-order valence-electron chi connectivity index (χ1n) is 11.2. The first-order valence-corrected chi connectivity index (χ1v) is 13.0. The van der Waals surface area contributed by atoms with E-state index in [0.717, 1.165) is 47.1 Å². The van der Waals surface area contributed by atoms with E-state index in [9.17, 15) is 9.59 Å². The van der Waals surface area contributed by atoms with Crippen molar-refractivity contribution in [2.24, 2.45) is 0 Å². The number of benzene rings is 2. The first kappa shape index (κ1) is 23.5. The van der Waals surface area contributed by atoms with Crippen molar-refractivity contribution in [1.82, 2.24) is 4.90 Å². The lowest BCUT2D eigenvalue weighted by Gasteiger charge is -2.27. The van der Waals surface area contributed by atoms with E-state index in [1.54, 1.807) is 24.8 Å². The summed E-state index contributed by atoms with van der Waals surface area (Å²) in [5.41, 5.74) is 3.37. The van der Waals surface area contributed by atoms with Crippen LogP contribution in [0.1, 0.15) is 50.6 Å². The number of hydrogen-bond donors (Lipinski definition) is 1. The number of ether oxygens (including phenoxy) is 1. The lowest BCUT2D eigenvalue weighted by molar-refractivity contribution is 0.0526. The molecule has 172 valence electrons. The van der Waals surface area contributed by atoms with E-state index in [1.807, 2.05) is 24.3 Å². The van der Waals surface area contributed by atoms with Crippen molar-refractivity contribution in [1.29, 1.82) is 0 Å². The molecule has 1 aliphatic heterocycles. The van der Waals surface area contributed by atoms with Gasteiger partial charge < -0.3 is 10.1 Å². The molecule has 3 aromatic rings. The summed E-state index contributed by atoms with van der Waals surface area (Å²) < 4.78 is 5.35. The molecule has 0 saturated heterocycles. The average molecular weight is 481 g/mol. The van der Waals surface area contributed by atoms with Crippen LogP contribution < -0.4 is 5.32 Å². The fraction of sp³-hybridized carbons (Fsp3) is 0.308. The lowest BCUT2D eigenvalue weighted by atomic mass is 10.0. The predicted octanol–water partition coefficient (Wildman–Crippen LogP) is 5.85. The van der Waals surface area contributed by atoms with Crippen molar-refractivity contribution in [3.63, 3.8) is 0 Å². The highest BCUT2D eigenvalue weighted by Gasteiger charge is 2.29. The van der Waals surface area contributed by atoms with Gasteiger partial charge in [-0.3, -0.25) is 9.69 Å². The van der Waals surface area contributed by atoms with Crippen LogP contribution in [-0.2, 0) is 24.2 Å².